The zero-order valence-electron chi connectivity index (χ0n) is 9.39. The molecule has 0 fully saturated rings. The normalized spacial score (nSPS) is 13.9. The van der Waals surface area contributed by atoms with Gasteiger partial charge in [-0.15, -0.1) is 0 Å². The quantitative estimate of drug-likeness (QED) is 0.406. The second-order valence-electron chi connectivity index (χ2n) is 4.17. The summed E-state index contributed by atoms with van der Waals surface area (Å²) in [5, 5.41) is 16.4. The molecule has 5 nitrogen and oxygen atoms in total. The smallest absolute Gasteiger partial charge is 0.232 e. The number of allylic oxidation sites excluding steroid dienone is 1. The van der Waals surface area contributed by atoms with Crippen molar-refractivity contribution in [3.05, 3.63) is 11.9 Å². The summed E-state index contributed by atoms with van der Waals surface area (Å²) in [7, 11) is 0. The molecule has 0 aliphatic rings. The lowest BCUT2D eigenvalue weighted by atomic mass is 9.90. The lowest BCUT2D eigenvalue weighted by Crippen LogP contribution is -2.50. The fourth-order valence-electron chi connectivity index (χ4n) is 0.459. The van der Waals surface area contributed by atoms with Gasteiger partial charge in [-0.3, -0.25) is 15.7 Å². The molecule has 5 N–H and O–H groups in total. The van der Waals surface area contributed by atoms with Gasteiger partial charge in [0.2, 0.25) is 5.97 Å². The van der Waals surface area contributed by atoms with Gasteiger partial charge in [-0.1, -0.05) is 0 Å². The number of nitrogens with one attached hydrogen (secondary N) is 2. The van der Waals surface area contributed by atoms with Gasteiger partial charge in [-0.05, 0) is 27.7 Å². The van der Waals surface area contributed by atoms with Gasteiger partial charge in [0, 0.05) is 6.20 Å². The van der Waals surface area contributed by atoms with E-state index >= 15 is 0 Å². The predicted octanol–water partition coefficient (Wildman–Crippen LogP) is 0.804. The molecule has 0 rings (SSSR count). The minimum absolute atomic E-state index is 0.285. The van der Waals surface area contributed by atoms with E-state index in [-0.39, 0.29) is 5.70 Å². The molecular formula is C9H18FN3O2. The SMILES string of the molecule is CC(C)(O)C(C)(C)ON/C(=C/N)C(=N)F. The monoisotopic (exact) mass is 219 g/mol. The molecule has 88 valence electrons. The first-order valence-electron chi connectivity index (χ1n) is 4.44. The summed E-state index contributed by atoms with van der Waals surface area (Å²) in [6.45, 7) is 6.36. The van der Waals surface area contributed by atoms with Crippen LogP contribution < -0.4 is 11.2 Å². The van der Waals surface area contributed by atoms with Gasteiger partial charge in [0.1, 0.15) is 11.3 Å². The summed E-state index contributed by atoms with van der Waals surface area (Å²) in [4.78, 5) is 5.08. The molecule has 0 radical (unpaired) electrons. The minimum atomic E-state index is -1.23. The van der Waals surface area contributed by atoms with Crippen LogP contribution in [0.15, 0.2) is 11.9 Å². The number of nitrogens with two attached hydrogens (primary N) is 1. The summed E-state index contributed by atoms with van der Waals surface area (Å²) in [5.74, 6) is -1.23. The molecular weight excluding hydrogens is 201 g/mol. The van der Waals surface area contributed by atoms with Gasteiger partial charge in [0.25, 0.3) is 0 Å². The second kappa shape index (κ2) is 4.59. The number of halogens is 1. The molecule has 0 atom stereocenters. The van der Waals surface area contributed by atoms with Crippen molar-refractivity contribution in [2.24, 2.45) is 5.73 Å². The molecule has 0 aliphatic carbocycles. The third-order valence-electron chi connectivity index (χ3n) is 2.29. The van der Waals surface area contributed by atoms with Gasteiger partial charge in [0.15, 0.2) is 0 Å². The van der Waals surface area contributed by atoms with Crippen LogP contribution in [-0.2, 0) is 4.84 Å². The molecule has 0 aromatic carbocycles. The number of hydrogen-bond donors (Lipinski definition) is 4. The Bertz CT molecular complexity index is 269. The maximum atomic E-state index is 12.5. The van der Waals surface area contributed by atoms with Gasteiger partial charge in [-0.25, -0.2) is 0 Å². The van der Waals surface area contributed by atoms with Gasteiger partial charge in [0.05, 0.1) is 5.60 Å². The van der Waals surface area contributed by atoms with Crippen LogP contribution in [0.4, 0.5) is 4.39 Å². The van der Waals surface area contributed by atoms with Crippen LogP contribution in [0.2, 0.25) is 0 Å². The van der Waals surface area contributed by atoms with Crippen molar-refractivity contribution in [3.63, 3.8) is 0 Å². The standard InChI is InChI=1S/C9H18FN3O2/c1-8(2,14)9(3,4)15-13-6(5-11)7(10)12/h5,12-14H,11H2,1-4H3/b6-5+,12-7?. The fourth-order valence-corrected chi connectivity index (χ4v) is 0.459. The van der Waals surface area contributed by atoms with E-state index in [1.165, 1.54) is 0 Å². The van der Waals surface area contributed by atoms with Gasteiger partial charge < -0.3 is 10.8 Å². The Morgan fingerprint density at radius 1 is 1.47 bits per heavy atom. The lowest BCUT2D eigenvalue weighted by molar-refractivity contribution is -0.174. The van der Waals surface area contributed by atoms with Crippen LogP contribution in [0, 0.1) is 5.41 Å². The molecule has 0 heterocycles. The molecule has 0 aromatic rings. The topological polar surface area (TPSA) is 91.4 Å². The summed E-state index contributed by atoms with van der Waals surface area (Å²) in [6.07, 6.45) is 0.878. The zero-order valence-corrected chi connectivity index (χ0v) is 9.39. The van der Waals surface area contributed by atoms with E-state index in [0.717, 1.165) is 6.20 Å². The highest BCUT2D eigenvalue weighted by Crippen LogP contribution is 2.24. The molecule has 0 spiro atoms. The Kier molecular flexibility index (Phi) is 4.24. The summed E-state index contributed by atoms with van der Waals surface area (Å²) in [5.41, 5.74) is 4.88. The maximum absolute atomic E-state index is 12.5. The van der Waals surface area contributed by atoms with E-state index in [2.05, 4.69) is 5.48 Å². The van der Waals surface area contributed by atoms with E-state index in [4.69, 9.17) is 16.0 Å². The van der Waals surface area contributed by atoms with E-state index in [9.17, 15) is 9.50 Å². The molecule has 15 heavy (non-hydrogen) atoms. The number of rotatable bonds is 5. The highest BCUT2D eigenvalue weighted by molar-refractivity contribution is 5.88. The van der Waals surface area contributed by atoms with Crippen LogP contribution >= 0.6 is 0 Å². The van der Waals surface area contributed by atoms with E-state index in [1.54, 1.807) is 27.7 Å². The summed E-state index contributed by atoms with van der Waals surface area (Å²) in [6, 6.07) is 0. The number of aliphatic hydroxyl groups is 1. The first kappa shape index (κ1) is 13.9. The van der Waals surface area contributed by atoms with Crippen molar-refractivity contribution < 1.29 is 14.3 Å². The molecule has 0 aromatic heterocycles. The average molecular weight is 219 g/mol. The molecule has 6 heteroatoms. The van der Waals surface area contributed by atoms with Crippen molar-refractivity contribution in [3.8, 4) is 0 Å². The Hall–Kier alpha value is -1.14. The van der Waals surface area contributed by atoms with E-state index < -0.39 is 17.2 Å². The number of hydrogen-bond acceptors (Lipinski definition) is 5. The Labute approximate surface area is 88.6 Å². The summed E-state index contributed by atoms with van der Waals surface area (Å²) >= 11 is 0. The van der Waals surface area contributed by atoms with Crippen molar-refractivity contribution in [1.29, 1.82) is 5.41 Å². The largest absolute Gasteiger partial charge is 0.403 e. The first-order chi connectivity index (χ1) is 6.62. The van der Waals surface area contributed by atoms with E-state index in [0.29, 0.717) is 0 Å². The van der Waals surface area contributed by atoms with E-state index in [1.807, 2.05) is 0 Å². The van der Waals surface area contributed by atoms with Crippen LogP contribution in [0.3, 0.4) is 0 Å². The average Bonchev–Trinajstić information content (AvgIpc) is 2.02. The predicted molar refractivity (Wildman–Crippen MR) is 55.7 cm³/mol. The van der Waals surface area contributed by atoms with Crippen LogP contribution in [-0.4, -0.2) is 22.3 Å². The third-order valence-corrected chi connectivity index (χ3v) is 2.29. The highest BCUT2D eigenvalue weighted by atomic mass is 19.1. The van der Waals surface area contributed by atoms with Gasteiger partial charge in [-0.2, -0.15) is 4.39 Å². The Morgan fingerprint density at radius 3 is 2.20 bits per heavy atom. The van der Waals surface area contributed by atoms with Crippen LogP contribution in [0.1, 0.15) is 27.7 Å². The first-order valence-corrected chi connectivity index (χ1v) is 4.44. The lowest BCUT2D eigenvalue weighted by Gasteiger charge is -2.36. The second-order valence-corrected chi connectivity index (χ2v) is 4.17. The molecule has 0 unspecified atom stereocenters. The van der Waals surface area contributed by atoms with Crippen molar-refractivity contribution in [1.82, 2.24) is 5.48 Å². The fraction of sp³-hybridized carbons (Fsp3) is 0.667. The number of hydroxylamine groups is 1. The maximum Gasteiger partial charge on any atom is 0.232 e. The zero-order chi connectivity index (χ0) is 12.3. The van der Waals surface area contributed by atoms with Crippen molar-refractivity contribution >= 4 is 5.97 Å². The summed E-state index contributed by atoms with van der Waals surface area (Å²) < 4.78 is 12.5. The third kappa shape index (κ3) is 3.85. The molecule has 0 bridgehead atoms. The molecule has 0 amide bonds. The van der Waals surface area contributed by atoms with Crippen molar-refractivity contribution in [2.75, 3.05) is 0 Å². The highest BCUT2D eigenvalue weighted by Gasteiger charge is 2.37. The Balaban J connectivity index is 4.46. The van der Waals surface area contributed by atoms with Gasteiger partial charge >= 0.3 is 0 Å². The minimum Gasteiger partial charge on any atom is -0.403 e. The van der Waals surface area contributed by atoms with Crippen LogP contribution in [0.25, 0.3) is 0 Å². The van der Waals surface area contributed by atoms with Crippen molar-refractivity contribution in [2.45, 2.75) is 38.9 Å². The van der Waals surface area contributed by atoms with Crippen LogP contribution in [0.5, 0.6) is 0 Å². The molecule has 0 aliphatic heterocycles. The molecule has 0 saturated carbocycles. The Morgan fingerprint density at radius 2 is 1.93 bits per heavy atom. The molecule has 0 saturated heterocycles.